The van der Waals surface area contributed by atoms with Crippen LogP contribution < -0.4 is 0 Å². The second-order valence-corrected chi connectivity index (χ2v) is 5.35. The number of hydrogen-bond acceptors (Lipinski definition) is 3. The molecule has 2 rings (SSSR count). The molecule has 19 heavy (non-hydrogen) atoms. The summed E-state index contributed by atoms with van der Waals surface area (Å²) in [4.78, 5) is 5.38. The fourth-order valence-corrected chi connectivity index (χ4v) is 2.34. The Balaban J connectivity index is 2.03. The highest BCUT2D eigenvalue weighted by molar-refractivity contribution is 7.71. The molecular formula is C14H21N3OS. The van der Waals surface area contributed by atoms with E-state index in [1.54, 1.807) is 0 Å². The quantitative estimate of drug-likeness (QED) is 0.652. The van der Waals surface area contributed by atoms with Gasteiger partial charge in [-0.1, -0.05) is 12.1 Å². The third-order valence-corrected chi connectivity index (χ3v) is 3.48. The maximum absolute atomic E-state index is 5.63. The fourth-order valence-electron chi connectivity index (χ4n) is 2.05. The average molecular weight is 279 g/mol. The number of imidazole rings is 1. The Bertz CT molecular complexity index is 600. The Morgan fingerprint density at radius 2 is 2.11 bits per heavy atom. The average Bonchev–Trinajstić information content (AvgIpc) is 2.67. The molecule has 1 heterocycles. The lowest BCUT2D eigenvalue weighted by Gasteiger charge is -2.10. The summed E-state index contributed by atoms with van der Waals surface area (Å²) in [6, 6.07) is 6.24. The summed E-state index contributed by atoms with van der Waals surface area (Å²) >= 11 is 5.38. The van der Waals surface area contributed by atoms with Crippen molar-refractivity contribution in [1.82, 2.24) is 14.5 Å². The maximum Gasteiger partial charge on any atom is 0.178 e. The van der Waals surface area contributed by atoms with Crippen LogP contribution in [0.25, 0.3) is 11.0 Å². The summed E-state index contributed by atoms with van der Waals surface area (Å²) in [6.45, 7) is 5.25. The molecule has 4 nitrogen and oxygen atoms in total. The molecule has 104 valence electrons. The van der Waals surface area contributed by atoms with Gasteiger partial charge in [0.15, 0.2) is 4.77 Å². The number of nitrogens with one attached hydrogen (secondary N) is 1. The predicted octanol–water partition coefficient (Wildman–Crippen LogP) is 2.59. The highest BCUT2D eigenvalue weighted by Gasteiger charge is 2.05. The highest BCUT2D eigenvalue weighted by atomic mass is 32.1. The van der Waals surface area contributed by atoms with E-state index in [0.717, 1.165) is 35.5 Å². The largest absolute Gasteiger partial charge is 0.378 e. The fraction of sp³-hybridized carbons (Fsp3) is 0.500. The smallest absolute Gasteiger partial charge is 0.178 e. The van der Waals surface area contributed by atoms with Gasteiger partial charge in [0.05, 0.1) is 24.2 Å². The van der Waals surface area contributed by atoms with E-state index >= 15 is 0 Å². The molecule has 0 radical (unpaired) electrons. The van der Waals surface area contributed by atoms with Crippen LogP contribution in [0.2, 0.25) is 0 Å². The molecule has 0 unspecified atom stereocenters. The summed E-state index contributed by atoms with van der Waals surface area (Å²) in [6.07, 6.45) is 0. The van der Waals surface area contributed by atoms with Gasteiger partial charge in [-0.25, -0.2) is 0 Å². The number of fused-ring (bicyclic) bond motifs is 1. The lowest BCUT2D eigenvalue weighted by Crippen LogP contribution is -2.19. The van der Waals surface area contributed by atoms with Gasteiger partial charge in [0.25, 0.3) is 0 Å². The van der Waals surface area contributed by atoms with Gasteiger partial charge in [0.2, 0.25) is 0 Å². The van der Waals surface area contributed by atoms with Crippen LogP contribution in [0.5, 0.6) is 0 Å². The first kappa shape index (κ1) is 14.2. The van der Waals surface area contributed by atoms with E-state index in [9.17, 15) is 0 Å². The number of hydrogen-bond donors (Lipinski definition) is 1. The van der Waals surface area contributed by atoms with Crippen LogP contribution in [0.3, 0.4) is 0 Å². The standard InChI is InChI=1S/C14H21N3OS/c1-11-5-4-6-12-13(11)15-14(19)17(12)8-10-18-9-7-16(2)3/h4-6H,7-10H2,1-3H3,(H,15,19). The van der Waals surface area contributed by atoms with Crippen molar-refractivity contribution in [3.63, 3.8) is 0 Å². The molecule has 0 aliphatic rings. The normalized spacial score (nSPS) is 11.6. The van der Waals surface area contributed by atoms with Gasteiger partial charge in [-0.2, -0.15) is 0 Å². The lowest BCUT2D eigenvalue weighted by molar-refractivity contribution is 0.111. The van der Waals surface area contributed by atoms with Crippen molar-refractivity contribution in [3.8, 4) is 0 Å². The van der Waals surface area contributed by atoms with Crippen LogP contribution in [0.4, 0.5) is 0 Å². The molecule has 2 aromatic rings. The Labute approximate surface area is 119 Å². The molecule has 0 atom stereocenters. The highest BCUT2D eigenvalue weighted by Crippen LogP contribution is 2.17. The molecule has 0 saturated heterocycles. The predicted molar refractivity (Wildman–Crippen MR) is 81.2 cm³/mol. The van der Waals surface area contributed by atoms with E-state index in [0.29, 0.717) is 6.61 Å². The molecule has 0 spiro atoms. The first-order valence-electron chi connectivity index (χ1n) is 6.50. The first-order valence-corrected chi connectivity index (χ1v) is 6.91. The third kappa shape index (κ3) is 3.43. The van der Waals surface area contributed by atoms with Crippen LogP contribution in [-0.2, 0) is 11.3 Å². The van der Waals surface area contributed by atoms with Gasteiger partial charge >= 0.3 is 0 Å². The zero-order valence-electron chi connectivity index (χ0n) is 11.8. The molecule has 0 saturated carbocycles. The molecule has 0 aliphatic carbocycles. The summed E-state index contributed by atoms with van der Waals surface area (Å²) < 4.78 is 8.50. The second-order valence-electron chi connectivity index (χ2n) is 4.97. The van der Waals surface area contributed by atoms with Crippen molar-refractivity contribution in [3.05, 3.63) is 28.5 Å². The number of ether oxygens (including phenoxy) is 1. The number of benzene rings is 1. The maximum atomic E-state index is 5.63. The van der Waals surface area contributed by atoms with Crippen molar-refractivity contribution in [2.75, 3.05) is 33.9 Å². The van der Waals surface area contributed by atoms with E-state index in [4.69, 9.17) is 17.0 Å². The van der Waals surface area contributed by atoms with Crippen molar-refractivity contribution < 1.29 is 4.74 Å². The molecular weight excluding hydrogens is 258 g/mol. The SMILES string of the molecule is Cc1cccc2c1[nH]c(=S)n2CCOCCN(C)C. The van der Waals surface area contributed by atoms with Crippen molar-refractivity contribution in [1.29, 1.82) is 0 Å². The molecule has 1 aromatic carbocycles. The van der Waals surface area contributed by atoms with Gasteiger partial charge in [-0.05, 0) is 44.9 Å². The van der Waals surface area contributed by atoms with Crippen LogP contribution in [-0.4, -0.2) is 48.3 Å². The number of aryl methyl sites for hydroxylation is 1. The first-order chi connectivity index (χ1) is 9.09. The van der Waals surface area contributed by atoms with E-state index in [1.807, 2.05) is 14.1 Å². The molecule has 0 fully saturated rings. The van der Waals surface area contributed by atoms with E-state index in [1.165, 1.54) is 5.56 Å². The third-order valence-electron chi connectivity index (χ3n) is 3.16. The van der Waals surface area contributed by atoms with Crippen LogP contribution in [0.1, 0.15) is 5.56 Å². The second kappa shape index (κ2) is 6.32. The summed E-state index contributed by atoms with van der Waals surface area (Å²) in [7, 11) is 4.09. The van der Waals surface area contributed by atoms with Gasteiger partial charge in [0, 0.05) is 13.1 Å². The Morgan fingerprint density at radius 3 is 2.84 bits per heavy atom. The Kier molecular flexibility index (Phi) is 4.74. The number of aromatic nitrogens is 2. The van der Waals surface area contributed by atoms with E-state index < -0.39 is 0 Å². The molecule has 0 aliphatic heterocycles. The van der Waals surface area contributed by atoms with Crippen molar-refractivity contribution >= 4 is 23.3 Å². The molecule has 1 aromatic heterocycles. The number of aromatic amines is 1. The molecule has 0 bridgehead atoms. The van der Waals surface area contributed by atoms with E-state index in [-0.39, 0.29) is 0 Å². The van der Waals surface area contributed by atoms with Gasteiger partial charge < -0.3 is 19.2 Å². The number of para-hydroxylation sites is 1. The minimum absolute atomic E-state index is 0.684. The Morgan fingerprint density at radius 1 is 1.32 bits per heavy atom. The zero-order valence-corrected chi connectivity index (χ0v) is 12.6. The monoisotopic (exact) mass is 279 g/mol. The topological polar surface area (TPSA) is 33.2 Å². The molecule has 5 heteroatoms. The molecule has 1 N–H and O–H groups in total. The van der Waals surface area contributed by atoms with Crippen LogP contribution >= 0.6 is 12.2 Å². The van der Waals surface area contributed by atoms with Crippen LogP contribution in [0, 0.1) is 11.7 Å². The minimum atomic E-state index is 0.684. The van der Waals surface area contributed by atoms with E-state index in [2.05, 4.69) is 39.6 Å². The number of rotatable bonds is 6. The summed E-state index contributed by atoms with van der Waals surface area (Å²) in [5.74, 6) is 0. The van der Waals surface area contributed by atoms with Gasteiger partial charge in [-0.3, -0.25) is 0 Å². The minimum Gasteiger partial charge on any atom is -0.378 e. The van der Waals surface area contributed by atoms with Crippen molar-refractivity contribution in [2.45, 2.75) is 13.5 Å². The lowest BCUT2D eigenvalue weighted by atomic mass is 10.2. The molecule has 0 amide bonds. The number of H-pyrrole nitrogens is 1. The van der Waals surface area contributed by atoms with Crippen LogP contribution in [0.15, 0.2) is 18.2 Å². The number of likely N-dealkylation sites (N-methyl/N-ethyl adjacent to an activating group) is 1. The summed E-state index contributed by atoms with van der Waals surface area (Å²) in [5, 5.41) is 0. The Hall–Kier alpha value is -1.17. The van der Waals surface area contributed by atoms with Gasteiger partial charge in [0.1, 0.15) is 0 Å². The van der Waals surface area contributed by atoms with Crippen molar-refractivity contribution in [2.24, 2.45) is 0 Å². The zero-order chi connectivity index (χ0) is 13.8. The summed E-state index contributed by atoms with van der Waals surface area (Å²) in [5.41, 5.74) is 3.50. The number of nitrogens with zero attached hydrogens (tertiary/aromatic N) is 2. The van der Waals surface area contributed by atoms with Gasteiger partial charge in [-0.15, -0.1) is 0 Å².